The van der Waals surface area contributed by atoms with E-state index in [9.17, 15) is 4.79 Å². The van der Waals surface area contributed by atoms with Crippen molar-refractivity contribution in [3.8, 4) is 0 Å². The molecular weight excluding hydrogens is 368 g/mol. The fraction of sp³-hybridized carbons (Fsp3) is 0.950. The van der Waals surface area contributed by atoms with E-state index < -0.39 is 6.10 Å². The van der Waals surface area contributed by atoms with Gasteiger partial charge in [0.15, 0.2) is 0 Å². The molecule has 0 fully saturated rings. The summed E-state index contributed by atoms with van der Waals surface area (Å²) < 4.78 is 39.0. The Hall–Kier alpha value is -0.770. The molecule has 0 saturated carbocycles. The van der Waals surface area contributed by atoms with Crippen LogP contribution in [0.2, 0.25) is 0 Å². The number of ether oxygens (including phenoxy) is 7. The first-order chi connectivity index (χ1) is 13.6. The fourth-order valence-electron chi connectivity index (χ4n) is 2.16. The molecule has 8 nitrogen and oxygen atoms in total. The normalized spacial score (nSPS) is 11.7. The lowest BCUT2D eigenvalue weighted by Crippen LogP contribution is -2.36. The molecule has 0 aromatic heterocycles. The molecule has 0 heterocycles. The summed E-state index contributed by atoms with van der Waals surface area (Å²) in [7, 11) is 0. The summed E-state index contributed by atoms with van der Waals surface area (Å²) in [6.07, 6.45) is -0.696. The molecule has 0 radical (unpaired) electrons. The Morgan fingerprint density at radius 2 is 0.929 bits per heavy atom. The summed E-state index contributed by atoms with van der Waals surface area (Å²) in [6.45, 7) is 13.9. The van der Waals surface area contributed by atoms with Gasteiger partial charge in [-0.1, -0.05) is 6.92 Å². The first kappa shape index (κ1) is 27.2. The molecule has 0 atom stereocenters. The van der Waals surface area contributed by atoms with E-state index in [-0.39, 0.29) is 31.4 Å². The number of carbonyl (C=O) groups is 1. The van der Waals surface area contributed by atoms with Crippen LogP contribution < -0.4 is 0 Å². The molecule has 0 aromatic rings. The quantitative estimate of drug-likeness (QED) is 0.284. The van der Waals surface area contributed by atoms with Crippen molar-refractivity contribution in [3.63, 3.8) is 0 Å². The number of carbonyl (C=O) groups excluding carboxylic acids is 1. The highest BCUT2D eigenvalue weighted by Crippen LogP contribution is 2.06. The lowest BCUT2D eigenvalue weighted by atomic mass is 10.3. The van der Waals surface area contributed by atoms with Gasteiger partial charge in [0.25, 0.3) is 0 Å². The van der Waals surface area contributed by atoms with Gasteiger partial charge in [0, 0.05) is 32.8 Å². The van der Waals surface area contributed by atoms with Crippen LogP contribution in [0.1, 0.15) is 41.0 Å². The maximum absolute atomic E-state index is 11.8. The third-order valence-corrected chi connectivity index (χ3v) is 3.65. The Balaban J connectivity index is 4.67. The van der Waals surface area contributed by atoms with Gasteiger partial charge in [0.05, 0.1) is 39.6 Å². The average molecular weight is 409 g/mol. The Kier molecular flexibility index (Phi) is 19.0. The molecule has 0 bridgehead atoms. The molecule has 0 saturated heterocycles. The van der Waals surface area contributed by atoms with E-state index >= 15 is 0 Å². The zero-order valence-electron chi connectivity index (χ0n) is 18.3. The molecule has 8 heteroatoms. The highest BCUT2D eigenvalue weighted by Gasteiger charge is 2.20. The van der Waals surface area contributed by atoms with Crippen molar-refractivity contribution in [3.05, 3.63) is 0 Å². The smallest absolute Gasteiger partial charge is 0.305 e. The lowest BCUT2D eigenvalue weighted by molar-refractivity contribution is -0.164. The number of rotatable bonds is 20. The van der Waals surface area contributed by atoms with Crippen LogP contribution in [-0.2, 0) is 38.0 Å². The van der Waals surface area contributed by atoms with E-state index in [1.807, 2.05) is 27.7 Å². The summed E-state index contributed by atoms with van der Waals surface area (Å²) in [4.78, 5) is 11.8. The molecule has 28 heavy (non-hydrogen) atoms. The van der Waals surface area contributed by atoms with Gasteiger partial charge in [-0.2, -0.15) is 0 Å². The molecule has 0 aliphatic carbocycles. The second-order valence-corrected chi connectivity index (χ2v) is 6.01. The van der Waals surface area contributed by atoms with Gasteiger partial charge in [0.1, 0.15) is 18.3 Å². The zero-order valence-corrected chi connectivity index (χ0v) is 18.3. The molecule has 0 unspecified atom stereocenters. The molecule has 0 aliphatic rings. The van der Waals surface area contributed by atoms with E-state index in [4.69, 9.17) is 33.2 Å². The van der Waals surface area contributed by atoms with Crippen LogP contribution in [0.25, 0.3) is 0 Å². The monoisotopic (exact) mass is 408 g/mol. The van der Waals surface area contributed by atoms with Crippen molar-refractivity contribution in [2.45, 2.75) is 59.4 Å². The number of hydrogen-bond donors (Lipinski definition) is 0. The lowest BCUT2D eigenvalue weighted by Gasteiger charge is -2.24. The molecule has 0 aliphatic heterocycles. The van der Waals surface area contributed by atoms with Crippen molar-refractivity contribution in [1.29, 1.82) is 0 Å². The van der Waals surface area contributed by atoms with Crippen LogP contribution in [0.3, 0.4) is 0 Å². The Bertz CT molecular complexity index is 313. The van der Waals surface area contributed by atoms with Crippen LogP contribution in [0, 0.1) is 0 Å². The molecule has 0 spiro atoms. The zero-order chi connectivity index (χ0) is 21.0. The number of esters is 1. The minimum atomic E-state index is -0.524. The van der Waals surface area contributed by atoms with Crippen LogP contribution in [0.15, 0.2) is 0 Å². The van der Waals surface area contributed by atoms with Gasteiger partial charge in [-0.15, -0.1) is 0 Å². The molecule has 0 rings (SSSR count). The minimum Gasteiger partial charge on any atom is -0.457 e. The largest absolute Gasteiger partial charge is 0.457 e. The Labute approximate surface area is 170 Å². The summed E-state index contributed by atoms with van der Waals surface area (Å²) in [6, 6.07) is 0. The first-order valence-electron chi connectivity index (χ1n) is 10.3. The molecule has 0 N–H and O–H groups in total. The van der Waals surface area contributed by atoms with E-state index in [0.29, 0.717) is 59.3 Å². The Morgan fingerprint density at radius 3 is 1.21 bits per heavy atom. The third-order valence-electron chi connectivity index (χ3n) is 3.65. The summed E-state index contributed by atoms with van der Waals surface area (Å²) in [5, 5.41) is 0. The maximum Gasteiger partial charge on any atom is 0.305 e. The van der Waals surface area contributed by atoms with Gasteiger partial charge in [-0.05, 0) is 27.7 Å². The fourth-order valence-corrected chi connectivity index (χ4v) is 2.16. The molecule has 0 aromatic carbocycles. The van der Waals surface area contributed by atoms with Crippen LogP contribution in [-0.4, -0.2) is 90.4 Å². The van der Waals surface area contributed by atoms with E-state index in [1.54, 1.807) is 6.92 Å². The summed E-state index contributed by atoms with van der Waals surface area (Å²) >= 11 is 0. The Morgan fingerprint density at radius 1 is 0.571 bits per heavy atom. The second-order valence-electron chi connectivity index (χ2n) is 6.01. The third kappa shape index (κ3) is 15.2. The van der Waals surface area contributed by atoms with Crippen molar-refractivity contribution in [2.75, 3.05) is 66.1 Å². The predicted octanol–water partition coefficient (Wildman–Crippen LogP) is 2.22. The van der Waals surface area contributed by atoms with Crippen molar-refractivity contribution in [1.82, 2.24) is 0 Å². The van der Waals surface area contributed by atoms with Crippen molar-refractivity contribution < 1.29 is 38.0 Å². The van der Waals surface area contributed by atoms with Gasteiger partial charge >= 0.3 is 5.97 Å². The maximum atomic E-state index is 11.8. The molecular formula is C20H40O8. The van der Waals surface area contributed by atoms with E-state index in [0.717, 1.165) is 0 Å². The second kappa shape index (κ2) is 19.5. The summed E-state index contributed by atoms with van der Waals surface area (Å²) in [5.74, 6) is -0.297. The van der Waals surface area contributed by atoms with E-state index in [2.05, 4.69) is 0 Å². The van der Waals surface area contributed by atoms with Gasteiger partial charge in [-0.25, -0.2) is 0 Å². The van der Waals surface area contributed by atoms with Crippen molar-refractivity contribution in [2.24, 2.45) is 0 Å². The van der Waals surface area contributed by atoms with Gasteiger partial charge in [0.2, 0.25) is 0 Å². The van der Waals surface area contributed by atoms with Gasteiger partial charge in [-0.3, -0.25) is 4.79 Å². The van der Waals surface area contributed by atoms with Crippen LogP contribution in [0.4, 0.5) is 0 Å². The highest BCUT2D eigenvalue weighted by atomic mass is 16.6. The standard InChI is InChI=1S/C20H40O8/c1-6-20(21)28-19(15-26-17(11-22-7-2)12-23-8-3)16-27-18(13-24-9-4)14-25-10-5/h17-19H,6-16H2,1-5H3. The summed E-state index contributed by atoms with van der Waals surface area (Å²) in [5.41, 5.74) is 0. The van der Waals surface area contributed by atoms with E-state index in [1.165, 1.54) is 0 Å². The number of hydrogen-bond acceptors (Lipinski definition) is 8. The average Bonchev–Trinajstić information content (AvgIpc) is 2.71. The van der Waals surface area contributed by atoms with Crippen LogP contribution >= 0.6 is 0 Å². The predicted molar refractivity (Wildman–Crippen MR) is 106 cm³/mol. The highest BCUT2D eigenvalue weighted by molar-refractivity contribution is 5.69. The molecule has 168 valence electrons. The molecule has 0 amide bonds. The van der Waals surface area contributed by atoms with Crippen LogP contribution in [0.5, 0.6) is 0 Å². The first-order valence-corrected chi connectivity index (χ1v) is 10.3. The SMILES string of the molecule is CCOCC(COCC)OCC(COC(COCC)COCC)OC(=O)CC. The van der Waals surface area contributed by atoms with Gasteiger partial charge < -0.3 is 33.2 Å². The topological polar surface area (TPSA) is 81.7 Å². The van der Waals surface area contributed by atoms with Crippen molar-refractivity contribution >= 4 is 5.97 Å². The minimum absolute atomic E-state index is 0.201.